The number of piperidine rings is 1. The molecule has 2 rings (SSSR count). The molecule has 8 heteroatoms. The van der Waals surface area contributed by atoms with Crippen molar-refractivity contribution in [2.45, 2.75) is 30.7 Å². The van der Waals surface area contributed by atoms with E-state index in [9.17, 15) is 22.0 Å². The molecule has 1 aliphatic heterocycles. The number of sulfonamides is 1. The third kappa shape index (κ3) is 3.06. The number of halogens is 2. The first-order chi connectivity index (χ1) is 9.73. The fourth-order valence-electron chi connectivity index (χ4n) is 2.41. The van der Waals surface area contributed by atoms with E-state index in [0.717, 1.165) is 16.4 Å². The van der Waals surface area contributed by atoms with Crippen molar-refractivity contribution in [1.29, 1.82) is 0 Å². The smallest absolute Gasteiger partial charge is 0.307 e. The lowest BCUT2D eigenvalue weighted by Gasteiger charge is -2.35. The van der Waals surface area contributed by atoms with Gasteiger partial charge in [-0.25, -0.2) is 17.2 Å². The van der Waals surface area contributed by atoms with E-state index < -0.39 is 44.5 Å². The van der Waals surface area contributed by atoms with Crippen molar-refractivity contribution >= 4 is 16.0 Å². The molecule has 1 heterocycles. The van der Waals surface area contributed by atoms with Gasteiger partial charge in [-0.3, -0.25) is 4.79 Å². The first-order valence-corrected chi connectivity index (χ1v) is 7.87. The molecular weight excluding hydrogens is 304 g/mol. The van der Waals surface area contributed by atoms with Gasteiger partial charge in [0.1, 0.15) is 16.5 Å². The molecule has 116 valence electrons. The van der Waals surface area contributed by atoms with Crippen LogP contribution < -0.4 is 0 Å². The van der Waals surface area contributed by atoms with E-state index in [2.05, 4.69) is 0 Å². The number of carboxylic acids is 1. The summed E-state index contributed by atoms with van der Waals surface area (Å²) in [6.07, 6.45) is 0.710. The largest absolute Gasteiger partial charge is 0.481 e. The zero-order valence-corrected chi connectivity index (χ0v) is 12.1. The fraction of sp³-hybridized carbons (Fsp3) is 0.462. The topological polar surface area (TPSA) is 74.7 Å². The maximum absolute atomic E-state index is 13.7. The molecule has 0 saturated carbocycles. The molecule has 2 atom stereocenters. The summed E-state index contributed by atoms with van der Waals surface area (Å²) in [5.41, 5.74) is 0. The molecule has 0 radical (unpaired) electrons. The molecule has 5 nitrogen and oxygen atoms in total. The van der Waals surface area contributed by atoms with E-state index in [-0.39, 0.29) is 6.54 Å². The molecule has 0 aromatic heterocycles. The van der Waals surface area contributed by atoms with Crippen LogP contribution in [0, 0.1) is 17.6 Å². The Bertz CT molecular complexity index is 662. The highest BCUT2D eigenvalue weighted by molar-refractivity contribution is 7.89. The second-order valence-electron chi connectivity index (χ2n) is 5.11. The predicted octanol–water partition coefficient (Wildman–Crippen LogP) is 1.84. The standard InChI is InChI=1S/C13H15F2NO4S/c1-8-2-3-9(13(17)18)7-16(8)21(19,20)12-6-10(14)4-5-11(12)15/h4-6,8-9H,2-3,7H2,1H3,(H,17,18). The third-order valence-corrected chi connectivity index (χ3v) is 5.65. The summed E-state index contributed by atoms with van der Waals surface area (Å²) in [5.74, 6) is -3.86. The van der Waals surface area contributed by atoms with E-state index in [1.807, 2.05) is 0 Å². The number of carbonyl (C=O) groups is 1. The summed E-state index contributed by atoms with van der Waals surface area (Å²) in [4.78, 5) is 10.3. The van der Waals surface area contributed by atoms with E-state index in [1.165, 1.54) is 0 Å². The minimum Gasteiger partial charge on any atom is -0.481 e. The van der Waals surface area contributed by atoms with Gasteiger partial charge in [0.2, 0.25) is 10.0 Å². The van der Waals surface area contributed by atoms with Gasteiger partial charge in [0.25, 0.3) is 0 Å². The summed E-state index contributed by atoms with van der Waals surface area (Å²) >= 11 is 0. The minimum absolute atomic E-state index is 0.241. The summed E-state index contributed by atoms with van der Waals surface area (Å²) in [6, 6.07) is 1.72. The zero-order chi connectivity index (χ0) is 15.8. The Morgan fingerprint density at radius 2 is 2.00 bits per heavy atom. The Hall–Kier alpha value is -1.54. The van der Waals surface area contributed by atoms with Crippen molar-refractivity contribution in [1.82, 2.24) is 4.31 Å². The van der Waals surface area contributed by atoms with Crippen molar-refractivity contribution in [2.75, 3.05) is 6.54 Å². The molecular formula is C13H15F2NO4S. The molecule has 0 amide bonds. The Kier molecular flexibility index (Phi) is 4.29. The summed E-state index contributed by atoms with van der Waals surface area (Å²) in [5, 5.41) is 9.02. The highest BCUT2D eigenvalue weighted by atomic mass is 32.2. The summed E-state index contributed by atoms with van der Waals surface area (Å²) in [6.45, 7) is 1.38. The van der Waals surface area contributed by atoms with Crippen LogP contribution in [0.4, 0.5) is 8.78 Å². The van der Waals surface area contributed by atoms with E-state index >= 15 is 0 Å². The molecule has 1 aliphatic rings. The van der Waals surface area contributed by atoms with E-state index in [1.54, 1.807) is 6.92 Å². The van der Waals surface area contributed by atoms with Crippen LogP contribution in [-0.2, 0) is 14.8 Å². The van der Waals surface area contributed by atoms with Crippen LogP contribution in [-0.4, -0.2) is 36.4 Å². The Balaban J connectivity index is 2.42. The molecule has 2 unspecified atom stereocenters. The lowest BCUT2D eigenvalue weighted by molar-refractivity contribution is -0.143. The van der Waals surface area contributed by atoms with Crippen molar-refractivity contribution in [3.05, 3.63) is 29.8 Å². The van der Waals surface area contributed by atoms with Crippen LogP contribution in [0.2, 0.25) is 0 Å². The van der Waals surface area contributed by atoms with Gasteiger partial charge in [0, 0.05) is 12.6 Å². The second kappa shape index (κ2) is 5.69. The molecule has 1 saturated heterocycles. The molecule has 1 aromatic rings. The summed E-state index contributed by atoms with van der Waals surface area (Å²) < 4.78 is 52.8. The van der Waals surface area contributed by atoms with Gasteiger partial charge in [0.05, 0.1) is 5.92 Å². The number of rotatable bonds is 3. The maximum Gasteiger partial charge on any atom is 0.307 e. The first kappa shape index (κ1) is 15.8. The molecule has 21 heavy (non-hydrogen) atoms. The van der Waals surface area contributed by atoms with Gasteiger partial charge in [-0.05, 0) is 38.0 Å². The van der Waals surface area contributed by atoms with Crippen LogP contribution in [0.3, 0.4) is 0 Å². The van der Waals surface area contributed by atoms with E-state index in [4.69, 9.17) is 5.11 Å². The van der Waals surface area contributed by atoms with Gasteiger partial charge in [-0.15, -0.1) is 0 Å². The normalized spacial score (nSPS) is 24.0. The minimum atomic E-state index is -4.28. The van der Waals surface area contributed by atoms with Gasteiger partial charge in [-0.2, -0.15) is 4.31 Å². The predicted molar refractivity (Wildman–Crippen MR) is 70.1 cm³/mol. The van der Waals surface area contributed by atoms with Gasteiger partial charge < -0.3 is 5.11 Å². The monoisotopic (exact) mass is 319 g/mol. The van der Waals surface area contributed by atoms with Gasteiger partial charge >= 0.3 is 5.97 Å². The Labute approximate surface area is 121 Å². The lowest BCUT2D eigenvalue weighted by Crippen LogP contribution is -2.47. The van der Waals surface area contributed by atoms with Crippen molar-refractivity contribution in [2.24, 2.45) is 5.92 Å². The van der Waals surface area contributed by atoms with Crippen LogP contribution in [0.5, 0.6) is 0 Å². The van der Waals surface area contributed by atoms with Crippen LogP contribution in [0.25, 0.3) is 0 Å². The third-order valence-electron chi connectivity index (χ3n) is 3.65. The molecule has 0 bridgehead atoms. The molecule has 1 fully saturated rings. The molecule has 0 spiro atoms. The van der Waals surface area contributed by atoms with Crippen molar-refractivity contribution in [3.63, 3.8) is 0 Å². The second-order valence-corrected chi connectivity index (χ2v) is 6.97. The van der Waals surface area contributed by atoms with Crippen molar-refractivity contribution in [3.8, 4) is 0 Å². The summed E-state index contributed by atoms with van der Waals surface area (Å²) in [7, 11) is -4.28. The molecule has 1 aromatic carbocycles. The number of hydrogen-bond donors (Lipinski definition) is 1. The van der Waals surface area contributed by atoms with Crippen molar-refractivity contribution < 1.29 is 27.1 Å². The maximum atomic E-state index is 13.7. The highest BCUT2D eigenvalue weighted by Gasteiger charge is 2.38. The average molecular weight is 319 g/mol. The van der Waals surface area contributed by atoms with Crippen LogP contribution in [0.15, 0.2) is 23.1 Å². The van der Waals surface area contributed by atoms with Crippen LogP contribution in [0.1, 0.15) is 19.8 Å². The fourth-order valence-corrected chi connectivity index (χ4v) is 4.20. The zero-order valence-electron chi connectivity index (χ0n) is 11.3. The Morgan fingerprint density at radius 3 is 2.62 bits per heavy atom. The highest BCUT2D eigenvalue weighted by Crippen LogP contribution is 2.29. The molecule has 0 aliphatic carbocycles. The van der Waals surface area contributed by atoms with Crippen LogP contribution >= 0.6 is 0 Å². The lowest BCUT2D eigenvalue weighted by atomic mass is 9.96. The van der Waals surface area contributed by atoms with Gasteiger partial charge in [-0.1, -0.05) is 0 Å². The number of nitrogens with zero attached hydrogens (tertiary/aromatic N) is 1. The number of carboxylic acid groups (broad SMARTS) is 1. The molecule has 1 N–H and O–H groups in total. The first-order valence-electron chi connectivity index (χ1n) is 6.43. The van der Waals surface area contributed by atoms with E-state index in [0.29, 0.717) is 18.9 Å². The van der Waals surface area contributed by atoms with Gasteiger partial charge in [0.15, 0.2) is 0 Å². The number of aliphatic carboxylic acids is 1. The quantitative estimate of drug-likeness (QED) is 0.922. The Morgan fingerprint density at radius 1 is 1.33 bits per heavy atom. The average Bonchev–Trinajstić information content (AvgIpc) is 2.41. The SMILES string of the molecule is CC1CCC(C(=O)O)CN1S(=O)(=O)c1cc(F)ccc1F. The number of benzene rings is 1. The number of hydrogen-bond acceptors (Lipinski definition) is 3.